The van der Waals surface area contributed by atoms with Gasteiger partial charge in [0.05, 0.1) is 0 Å². The Morgan fingerprint density at radius 3 is 2.00 bits per heavy atom. The van der Waals surface area contributed by atoms with Crippen LogP contribution in [0.4, 0.5) is 0 Å². The fourth-order valence-corrected chi connectivity index (χ4v) is 3.15. The van der Waals surface area contributed by atoms with Crippen molar-refractivity contribution in [2.24, 2.45) is 5.16 Å². The molecule has 0 aliphatic rings. The van der Waals surface area contributed by atoms with Crippen molar-refractivity contribution in [3.63, 3.8) is 0 Å². The van der Waals surface area contributed by atoms with Crippen molar-refractivity contribution in [2.75, 3.05) is 0 Å². The van der Waals surface area contributed by atoms with Crippen LogP contribution in [0.5, 0.6) is 0 Å². The topological polar surface area (TPSA) is 55.7 Å². The second-order valence-electron chi connectivity index (χ2n) is 4.87. The van der Waals surface area contributed by atoms with Crippen molar-refractivity contribution < 1.29 is 12.7 Å². The van der Waals surface area contributed by atoms with Gasteiger partial charge < -0.3 is 0 Å². The van der Waals surface area contributed by atoms with Crippen molar-refractivity contribution in [1.29, 1.82) is 0 Å². The zero-order valence-electron chi connectivity index (χ0n) is 12.6. The predicted octanol–water partition coefficient (Wildman–Crippen LogP) is 4.13. The van der Waals surface area contributed by atoms with Crippen LogP contribution in [0.1, 0.15) is 18.1 Å². The van der Waals surface area contributed by atoms with E-state index < -0.39 is 10.1 Å². The maximum Gasteiger partial charge on any atom is 0.358 e. The number of nitrogens with zero attached hydrogens (tertiary/aromatic N) is 1. The Bertz CT molecular complexity index is 764. The molecule has 0 N–H and O–H groups in total. The Morgan fingerprint density at radius 2 is 1.45 bits per heavy atom. The largest absolute Gasteiger partial charge is 0.358 e. The Balaban J connectivity index is 2.06. The van der Waals surface area contributed by atoms with Crippen LogP contribution in [0.2, 0.25) is 0 Å². The van der Waals surface area contributed by atoms with E-state index in [2.05, 4.69) is 5.16 Å². The molecule has 0 unspecified atom stereocenters. The highest BCUT2D eigenvalue weighted by atomic mass is 32.2. The van der Waals surface area contributed by atoms with Gasteiger partial charge in [0.15, 0.2) is 0 Å². The molecule has 0 saturated heterocycles. The molecular weight excluding hydrogens is 318 g/mol. The van der Waals surface area contributed by atoms with Crippen LogP contribution in [0.15, 0.2) is 63.5 Å². The molecule has 2 aromatic carbocycles. The molecule has 0 radical (unpaired) electrons. The second kappa shape index (κ2) is 6.98. The molecule has 6 heteroatoms. The number of oxime groups is 1. The normalized spacial score (nSPS) is 12.2. The molecule has 0 heterocycles. The van der Waals surface area contributed by atoms with Gasteiger partial charge in [0, 0.05) is 4.90 Å². The molecule has 0 atom stereocenters. The van der Waals surface area contributed by atoms with Gasteiger partial charge in [-0.1, -0.05) is 52.3 Å². The number of thioether (sulfide) groups is 1. The van der Waals surface area contributed by atoms with Crippen LogP contribution in [0.25, 0.3) is 0 Å². The fraction of sp³-hybridized carbons (Fsp3) is 0.188. The van der Waals surface area contributed by atoms with Crippen LogP contribution < -0.4 is 0 Å². The van der Waals surface area contributed by atoms with Crippen LogP contribution in [-0.2, 0) is 14.4 Å². The molecule has 0 fully saturated rings. The molecule has 22 heavy (non-hydrogen) atoms. The van der Waals surface area contributed by atoms with Gasteiger partial charge in [-0.3, -0.25) is 4.28 Å². The van der Waals surface area contributed by atoms with Crippen LogP contribution in [0, 0.1) is 13.8 Å². The summed E-state index contributed by atoms with van der Waals surface area (Å²) in [5.74, 6) is 0. The van der Waals surface area contributed by atoms with E-state index in [1.165, 1.54) is 23.9 Å². The Hall–Kier alpha value is -1.79. The van der Waals surface area contributed by atoms with Gasteiger partial charge >= 0.3 is 10.1 Å². The first-order valence-corrected chi connectivity index (χ1v) is 8.89. The lowest BCUT2D eigenvalue weighted by molar-refractivity contribution is 0.340. The molecule has 0 aromatic heterocycles. The maximum atomic E-state index is 12.0. The minimum absolute atomic E-state index is 0.0926. The van der Waals surface area contributed by atoms with Gasteiger partial charge in [-0.25, -0.2) is 0 Å². The van der Waals surface area contributed by atoms with Crippen molar-refractivity contribution in [3.8, 4) is 0 Å². The zero-order valence-corrected chi connectivity index (χ0v) is 14.2. The summed E-state index contributed by atoms with van der Waals surface area (Å²) in [6.07, 6.45) is 0. The van der Waals surface area contributed by atoms with Crippen LogP contribution in [0.3, 0.4) is 0 Å². The molecule has 0 spiro atoms. The van der Waals surface area contributed by atoms with E-state index in [-0.39, 0.29) is 4.90 Å². The maximum absolute atomic E-state index is 12.0. The fourth-order valence-electron chi connectivity index (χ4n) is 1.65. The van der Waals surface area contributed by atoms with Crippen molar-refractivity contribution >= 4 is 26.9 Å². The molecule has 0 saturated carbocycles. The number of hydrogen-bond donors (Lipinski definition) is 0. The molecule has 0 aliphatic heterocycles. The molecule has 0 amide bonds. The van der Waals surface area contributed by atoms with Gasteiger partial charge in [-0.05, 0) is 45.0 Å². The van der Waals surface area contributed by atoms with Crippen molar-refractivity contribution in [3.05, 3.63) is 59.7 Å². The number of aryl methyl sites for hydroxylation is 2. The summed E-state index contributed by atoms with van der Waals surface area (Å²) in [7, 11) is -3.87. The summed E-state index contributed by atoms with van der Waals surface area (Å²) in [4.78, 5) is 1.07. The first-order valence-electron chi connectivity index (χ1n) is 6.66. The summed E-state index contributed by atoms with van der Waals surface area (Å²) in [5, 5.41) is 4.22. The van der Waals surface area contributed by atoms with E-state index >= 15 is 0 Å². The van der Waals surface area contributed by atoms with E-state index in [4.69, 9.17) is 4.28 Å². The minimum atomic E-state index is -3.87. The lowest BCUT2D eigenvalue weighted by Gasteiger charge is -2.04. The first kappa shape index (κ1) is 16.6. The van der Waals surface area contributed by atoms with E-state index in [9.17, 15) is 8.42 Å². The molecular formula is C16H17NO3S2. The van der Waals surface area contributed by atoms with E-state index in [0.717, 1.165) is 16.0 Å². The Morgan fingerprint density at radius 1 is 0.955 bits per heavy atom. The highest BCUT2D eigenvalue weighted by Crippen LogP contribution is 2.21. The SMILES string of the molecule is C/C(=N/OS(=O)(=O)c1ccc(C)cc1)Sc1ccc(C)cc1. The molecule has 2 rings (SSSR count). The van der Waals surface area contributed by atoms with Crippen LogP contribution >= 0.6 is 11.8 Å². The van der Waals surface area contributed by atoms with Gasteiger partial charge in [-0.2, -0.15) is 8.42 Å². The summed E-state index contributed by atoms with van der Waals surface area (Å²) in [6.45, 7) is 5.60. The van der Waals surface area contributed by atoms with E-state index in [1.54, 1.807) is 19.1 Å². The van der Waals surface area contributed by atoms with Gasteiger partial charge in [0.2, 0.25) is 0 Å². The monoisotopic (exact) mass is 335 g/mol. The molecule has 0 aliphatic carbocycles. The quantitative estimate of drug-likeness (QED) is 0.365. The third-order valence-corrected chi connectivity index (χ3v) is 4.86. The average molecular weight is 335 g/mol. The van der Waals surface area contributed by atoms with Gasteiger partial charge in [0.1, 0.15) is 9.94 Å². The van der Waals surface area contributed by atoms with Gasteiger partial charge in [-0.15, -0.1) is 0 Å². The average Bonchev–Trinajstić information content (AvgIpc) is 2.48. The smallest absolute Gasteiger partial charge is 0.264 e. The number of benzene rings is 2. The molecule has 4 nitrogen and oxygen atoms in total. The highest BCUT2D eigenvalue weighted by molar-refractivity contribution is 8.13. The number of hydrogen-bond acceptors (Lipinski definition) is 5. The Kier molecular flexibility index (Phi) is 5.26. The summed E-state index contributed by atoms with van der Waals surface area (Å²) in [5.41, 5.74) is 2.14. The third-order valence-electron chi connectivity index (χ3n) is 2.86. The number of rotatable bonds is 4. The molecule has 2 aromatic rings. The first-order chi connectivity index (χ1) is 10.4. The Labute approximate surface area is 135 Å². The zero-order chi connectivity index (χ0) is 16.2. The third kappa shape index (κ3) is 4.61. The molecule has 0 bridgehead atoms. The standard InChI is InChI=1S/C16H17NO3S2/c1-12-4-8-15(9-5-12)21-14(3)17-20-22(18,19)16-10-6-13(2)7-11-16/h4-11H,1-3H3/b17-14-. The van der Waals surface area contributed by atoms with Crippen molar-refractivity contribution in [2.45, 2.75) is 30.6 Å². The van der Waals surface area contributed by atoms with Gasteiger partial charge in [0.25, 0.3) is 0 Å². The summed E-state index contributed by atoms with van der Waals surface area (Å²) >= 11 is 1.35. The van der Waals surface area contributed by atoms with E-state index in [1.807, 2.05) is 38.1 Å². The lowest BCUT2D eigenvalue weighted by atomic mass is 10.2. The van der Waals surface area contributed by atoms with Crippen LogP contribution in [-0.4, -0.2) is 13.5 Å². The predicted molar refractivity (Wildman–Crippen MR) is 89.6 cm³/mol. The highest BCUT2D eigenvalue weighted by Gasteiger charge is 2.15. The summed E-state index contributed by atoms with van der Waals surface area (Å²) < 4.78 is 28.8. The molecule has 116 valence electrons. The lowest BCUT2D eigenvalue weighted by Crippen LogP contribution is -2.03. The minimum Gasteiger partial charge on any atom is -0.264 e. The second-order valence-corrected chi connectivity index (χ2v) is 7.66. The van der Waals surface area contributed by atoms with E-state index in [0.29, 0.717) is 5.04 Å². The summed E-state index contributed by atoms with van der Waals surface area (Å²) in [6, 6.07) is 14.3. The van der Waals surface area contributed by atoms with Crippen molar-refractivity contribution in [1.82, 2.24) is 0 Å².